The molecule has 2 aromatic rings. The van der Waals surface area contributed by atoms with Crippen LogP contribution in [0.1, 0.15) is 18.1 Å². The third kappa shape index (κ3) is 4.68. The second-order valence-electron chi connectivity index (χ2n) is 7.42. The number of terminal acetylenes is 1. The zero-order valence-electron chi connectivity index (χ0n) is 19.0. The second-order valence-corrected chi connectivity index (χ2v) is 7.42. The molecule has 2 aliphatic heterocycles. The lowest BCUT2D eigenvalue weighted by Gasteiger charge is -2.26. The van der Waals surface area contributed by atoms with Crippen molar-refractivity contribution in [1.82, 2.24) is 5.32 Å². The van der Waals surface area contributed by atoms with Gasteiger partial charge in [-0.2, -0.15) is 0 Å². The van der Waals surface area contributed by atoms with E-state index in [9.17, 15) is 14.4 Å². The van der Waals surface area contributed by atoms with Crippen LogP contribution in [0.25, 0.3) is 6.08 Å². The van der Waals surface area contributed by atoms with Crippen molar-refractivity contribution in [3.05, 3.63) is 59.7 Å². The Labute approximate surface area is 201 Å². The van der Waals surface area contributed by atoms with Crippen molar-refractivity contribution >= 4 is 29.6 Å². The van der Waals surface area contributed by atoms with Gasteiger partial charge in [0, 0.05) is 11.6 Å². The molecule has 0 radical (unpaired) electrons. The third-order valence-electron chi connectivity index (χ3n) is 5.15. The monoisotopic (exact) mass is 474 g/mol. The molecule has 4 rings (SSSR count). The van der Waals surface area contributed by atoms with Crippen LogP contribution in [0.2, 0.25) is 0 Å². The zero-order chi connectivity index (χ0) is 24.9. The van der Waals surface area contributed by atoms with Crippen LogP contribution in [-0.2, 0) is 16.0 Å². The minimum absolute atomic E-state index is 0.0398. The number of imide groups is 2. The summed E-state index contributed by atoms with van der Waals surface area (Å²) in [7, 11) is 0. The molecule has 35 heavy (non-hydrogen) atoms. The molecule has 1 fully saturated rings. The van der Waals surface area contributed by atoms with Crippen LogP contribution < -0.4 is 29.2 Å². The fourth-order valence-corrected chi connectivity index (χ4v) is 3.70. The molecular weight excluding hydrogens is 452 g/mol. The Balaban J connectivity index is 1.75. The van der Waals surface area contributed by atoms with Crippen molar-refractivity contribution < 1.29 is 33.3 Å². The van der Waals surface area contributed by atoms with Gasteiger partial charge in [-0.25, -0.2) is 9.69 Å². The standard InChI is InChI=1S/C26H22N2O7/c1-4-7-17-11-16(13-22(32-6-3)23(17)33-10-5-2)12-19-24(29)27-26(31)28(25(19)30)18-8-9-20-21(14-18)35-15-34-20/h2,4,8-9,11-14H,1,6-7,10,15H2,3H3,(H,27,29,31)/b19-12+. The van der Waals surface area contributed by atoms with Gasteiger partial charge in [-0.1, -0.05) is 12.0 Å². The number of carbonyl (C=O) groups excluding carboxylic acids is 3. The molecule has 9 nitrogen and oxygen atoms in total. The number of hydrogen-bond donors (Lipinski definition) is 1. The maximum Gasteiger partial charge on any atom is 0.335 e. The summed E-state index contributed by atoms with van der Waals surface area (Å²) in [6, 6.07) is 7.13. The maximum absolute atomic E-state index is 13.3. The van der Waals surface area contributed by atoms with Crippen LogP contribution in [0.4, 0.5) is 10.5 Å². The van der Waals surface area contributed by atoms with E-state index in [1.165, 1.54) is 18.2 Å². The average molecular weight is 474 g/mol. The summed E-state index contributed by atoms with van der Waals surface area (Å²) >= 11 is 0. The molecule has 0 saturated carbocycles. The molecule has 0 aromatic heterocycles. The van der Waals surface area contributed by atoms with Gasteiger partial charge in [-0.05, 0) is 49.2 Å². The van der Waals surface area contributed by atoms with Crippen molar-refractivity contribution in [2.45, 2.75) is 13.3 Å². The first-order valence-electron chi connectivity index (χ1n) is 10.7. The number of fused-ring (bicyclic) bond motifs is 1. The van der Waals surface area contributed by atoms with Crippen LogP contribution in [0.3, 0.4) is 0 Å². The topological polar surface area (TPSA) is 103 Å². The van der Waals surface area contributed by atoms with E-state index in [0.717, 1.165) is 4.90 Å². The molecule has 0 atom stereocenters. The number of anilines is 1. The predicted octanol–water partition coefficient (Wildman–Crippen LogP) is 3.22. The number of ether oxygens (including phenoxy) is 4. The van der Waals surface area contributed by atoms with Gasteiger partial charge < -0.3 is 18.9 Å². The molecule has 9 heteroatoms. The number of benzene rings is 2. The van der Waals surface area contributed by atoms with Crippen molar-refractivity contribution in [1.29, 1.82) is 0 Å². The van der Waals surface area contributed by atoms with Gasteiger partial charge in [-0.3, -0.25) is 14.9 Å². The Morgan fingerprint density at radius 1 is 1.17 bits per heavy atom. The number of hydrogen-bond acceptors (Lipinski definition) is 7. The highest BCUT2D eigenvalue weighted by molar-refractivity contribution is 6.39. The van der Waals surface area contributed by atoms with Gasteiger partial charge in [0.05, 0.1) is 12.3 Å². The average Bonchev–Trinajstić information content (AvgIpc) is 3.30. The van der Waals surface area contributed by atoms with Gasteiger partial charge in [0.25, 0.3) is 11.8 Å². The summed E-state index contributed by atoms with van der Waals surface area (Å²) < 4.78 is 22.0. The largest absolute Gasteiger partial charge is 0.490 e. The fraction of sp³-hybridized carbons (Fsp3) is 0.192. The van der Waals surface area contributed by atoms with Gasteiger partial charge in [0.1, 0.15) is 12.2 Å². The first-order chi connectivity index (χ1) is 17.0. The van der Waals surface area contributed by atoms with Crippen LogP contribution in [0.5, 0.6) is 23.0 Å². The molecule has 2 aliphatic rings. The Morgan fingerprint density at radius 3 is 2.71 bits per heavy atom. The Hall–Kier alpha value is -4.71. The number of allylic oxidation sites excluding steroid dienone is 1. The summed E-state index contributed by atoms with van der Waals surface area (Å²) in [6.45, 7) is 6.01. The summed E-state index contributed by atoms with van der Waals surface area (Å²) in [5.41, 5.74) is 1.21. The molecule has 4 amide bonds. The maximum atomic E-state index is 13.3. The normalized spacial score (nSPS) is 15.6. The van der Waals surface area contributed by atoms with Crippen molar-refractivity contribution in [3.63, 3.8) is 0 Å². The van der Waals surface area contributed by atoms with E-state index in [-0.39, 0.29) is 24.7 Å². The second kappa shape index (κ2) is 10.1. The molecule has 0 bridgehead atoms. The predicted molar refractivity (Wildman–Crippen MR) is 127 cm³/mol. The lowest BCUT2D eigenvalue weighted by Crippen LogP contribution is -2.54. The Kier molecular flexibility index (Phi) is 6.73. The van der Waals surface area contributed by atoms with E-state index < -0.39 is 17.8 Å². The molecule has 0 spiro atoms. The third-order valence-corrected chi connectivity index (χ3v) is 5.15. The van der Waals surface area contributed by atoms with Crippen LogP contribution >= 0.6 is 0 Å². The number of barbiturate groups is 1. The van der Waals surface area contributed by atoms with Crippen molar-refractivity contribution in [2.24, 2.45) is 0 Å². The quantitative estimate of drug-likeness (QED) is 0.271. The van der Waals surface area contributed by atoms with Crippen LogP contribution in [0, 0.1) is 12.3 Å². The number of nitrogens with one attached hydrogen (secondary N) is 1. The summed E-state index contributed by atoms with van der Waals surface area (Å²) in [4.78, 5) is 39.3. The first-order valence-corrected chi connectivity index (χ1v) is 10.7. The van der Waals surface area contributed by atoms with Crippen LogP contribution in [-0.4, -0.2) is 37.9 Å². The van der Waals surface area contributed by atoms with Crippen LogP contribution in [0.15, 0.2) is 48.6 Å². The van der Waals surface area contributed by atoms with E-state index in [0.29, 0.717) is 47.2 Å². The number of carbonyl (C=O) groups is 3. The van der Waals surface area contributed by atoms with Gasteiger partial charge in [0.15, 0.2) is 23.0 Å². The summed E-state index contributed by atoms with van der Waals surface area (Å²) in [5.74, 6) is 2.58. The van der Waals surface area contributed by atoms with E-state index in [2.05, 4.69) is 17.8 Å². The molecule has 0 unspecified atom stereocenters. The minimum atomic E-state index is -0.864. The zero-order valence-corrected chi connectivity index (χ0v) is 19.0. The molecular formula is C26H22N2O7. The molecule has 0 aliphatic carbocycles. The Bertz CT molecular complexity index is 1290. The van der Waals surface area contributed by atoms with E-state index in [1.54, 1.807) is 24.3 Å². The van der Waals surface area contributed by atoms with E-state index in [4.69, 9.17) is 25.4 Å². The SMILES string of the molecule is C#CCOc1c(CC=C)cc(/C=C2\C(=O)NC(=O)N(c3ccc4c(c3)OCO4)C2=O)cc1OCC. The molecule has 178 valence electrons. The molecule has 1 saturated heterocycles. The van der Waals surface area contributed by atoms with Crippen molar-refractivity contribution in [3.8, 4) is 35.3 Å². The molecule has 2 aromatic carbocycles. The molecule has 1 N–H and O–H groups in total. The Morgan fingerprint density at radius 2 is 1.97 bits per heavy atom. The number of amides is 4. The summed E-state index contributed by atoms with van der Waals surface area (Å²) in [6.07, 6.45) is 8.84. The number of rotatable bonds is 8. The van der Waals surface area contributed by atoms with Gasteiger partial charge in [0.2, 0.25) is 6.79 Å². The first kappa shape index (κ1) is 23.4. The van der Waals surface area contributed by atoms with E-state index >= 15 is 0 Å². The smallest absolute Gasteiger partial charge is 0.335 e. The number of nitrogens with zero attached hydrogens (tertiary/aromatic N) is 1. The molecule has 2 heterocycles. The highest BCUT2D eigenvalue weighted by atomic mass is 16.7. The van der Waals surface area contributed by atoms with Crippen molar-refractivity contribution in [2.75, 3.05) is 24.9 Å². The van der Waals surface area contributed by atoms with Gasteiger partial charge >= 0.3 is 6.03 Å². The van der Waals surface area contributed by atoms with E-state index in [1.807, 2.05) is 6.92 Å². The number of urea groups is 1. The summed E-state index contributed by atoms with van der Waals surface area (Å²) in [5, 5.41) is 2.21. The fourth-order valence-electron chi connectivity index (χ4n) is 3.70. The van der Waals surface area contributed by atoms with Gasteiger partial charge in [-0.15, -0.1) is 13.0 Å². The lowest BCUT2D eigenvalue weighted by molar-refractivity contribution is -0.122. The minimum Gasteiger partial charge on any atom is -0.490 e. The highest BCUT2D eigenvalue weighted by Crippen LogP contribution is 2.37. The highest BCUT2D eigenvalue weighted by Gasteiger charge is 2.37. The lowest BCUT2D eigenvalue weighted by atomic mass is 10.0.